The first kappa shape index (κ1) is 10.7. The van der Waals surface area contributed by atoms with Crippen molar-refractivity contribution in [2.24, 2.45) is 0 Å². The molecule has 2 aromatic rings. The molecule has 0 amide bonds. The largest absolute Gasteiger partial charge is 0.426 e. The Balaban J connectivity index is 2.32. The van der Waals surface area contributed by atoms with E-state index in [0.29, 0.717) is 23.4 Å². The van der Waals surface area contributed by atoms with Crippen molar-refractivity contribution in [2.45, 2.75) is 13.3 Å². The molecule has 90 valence electrons. The molecule has 0 saturated carbocycles. The minimum absolute atomic E-state index is 0.0319. The summed E-state index contributed by atoms with van der Waals surface area (Å²) in [5, 5.41) is 9.87. The molecule has 0 saturated heterocycles. The average molecular weight is 242 g/mol. The molecule has 1 aliphatic carbocycles. The van der Waals surface area contributed by atoms with E-state index < -0.39 is 0 Å². The number of nitrogens with zero attached hydrogens (tertiary/aromatic N) is 2. The minimum atomic E-state index is -0.366. The predicted octanol–water partition coefficient (Wildman–Crippen LogP) is 1.46. The number of hydrogen-bond donors (Lipinski definition) is 1. The van der Waals surface area contributed by atoms with Gasteiger partial charge in [-0.15, -0.1) is 0 Å². The summed E-state index contributed by atoms with van der Waals surface area (Å²) in [6.45, 7) is 1.79. The quantitative estimate of drug-likeness (QED) is 0.656. The maximum Gasteiger partial charge on any atom is 0.216 e. The number of carbonyl (C=O) groups excluding carboxylic acids is 2. The summed E-state index contributed by atoms with van der Waals surface area (Å²) >= 11 is 0. The van der Waals surface area contributed by atoms with Crippen LogP contribution in [0.2, 0.25) is 0 Å². The Morgan fingerprint density at radius 2 is 1.78 bits per heavy atom. The van der Waals surface area contributed by atoms with Crippen LogP contribution in [0.25, 0.3) is 0 Å². The van der Waals surface area contributed by atoms with Crippen molar-refractivity contribution in [3.05, 3.63) is 52.6 Å². The molecule has 0 bridgehead atoms. The molecular weight excluding hydrogens is 232 g/mol. The summed E-state index contributed by atoms with van der Waals surface area (Å²) in [5.41, 5.74) is 0.664. The highest BCUT2D eigenvalue weighted by molar-refractivity contribution is 6.27. The molecule has 0 fully saturated rings. The van der Waals surface area contributed by atoms with Crippen molar-refractivity contribution in [2.75, 3.05) is 0 Å². The summed E-state index contributed by atoms with van der Waals surface area (Å²) in [6, 6.07) is 6.57. The minimum Gasteiger partial charge on any atom is -0.426 e. The maximum atomic E-state index is 12.2. The van der Waals surface area contributed by atoms with Crippen LogP contribution in [-0.2, 0) is 6.42 Å². The number of aromatic nitrogens is 2. The number of rotatable bonds is 1. The Bertz CT molecular complexity index is 686. The molecule has 3 rings (SSSR count). The van der Waals surface area contributed by atoms with Crippen LogP contribution in [0.4, 0.5) is 0 Å². The van der Waals surface area contributed by atoms with E-state index >= 15 is 0 Å². The van der Waals surface area contributed by atoms with Gasteiger partial charge in [0, 0.05) is 17.5 Å². The van der Waals surface area contributed by atoms with E-state index in [1.165, 1.54) is 0 Å². The third-order valence-corrected chi connectivity index (χ3v) is 3.08. The highest BCUT2D eigenvalue weighted by Crippen LogP contribution is 2.26. The summed E-state index contributed by atoms with van der Waals surface area (Å²) in [6.07, 6.45) is 0.445. The fourth-order valence-electron chi connectivity index (χ4n) is 2.18. The number of ketones is 2. The Labute approximate surface area is 103 Å². The molecule has 1 aromatic heterocycles. The van der Waals surface area contributed by atoms with Gasteiger partial charge in [0.2, 0.25) is 11.6 Å². The third-order valence-electron chi connectivity index (χ3n) is 3.08. The molecule has 18 heavy (non-hydrogen) atoms. The Morgan fingerprint density at radius 3 is 2.39 bits per heavy atom. The van der Waals surface area contributed by atoms with E-state index in [4.69, 9.17) is 0 Å². The molecule has 5 nitrogen and oxygen atoms in total. The van der Waals surface area contributed by atoms with E-state index in [0.717, 1.165) is 4.73 Å². The average Bonchev–Trinajstić information content (AvgIpc) is 2.73. The van der Waals surface area contributed by atoms with Gasteiger partial charge in [0.25, 0.3) is 0 Å². The van der Waals surface area contributed by atoms with E-state index in [2.05, 4.69) is 4.98 Å². The van der Waals surface area contributed by atoms with Gasteiger partial charge < -0.3 is 5.21 Å². The lowest BCUT2D eigenvalue weighted by molar-refractivity contribution is 0.0935. The van der Waals surface area contributed by atoms with Crippen LogP contribution in [0.1, 0.15) is 44.9 Å². The SMILES string of the molecule is CCc1nc2c(n1O)C(=O)c1ccccc1C2=O. The van der Waals surface area contributed by atoms with Crippen molar-refractivity contribution in [1.29, 1.82) is 0 Å². The molecule has 0 spiro atoms. The lowest BCUT2D eigenvalue weighted by Gasteiger charge is -2.13. The number of fused-ring (bicyclic) bond motifs is 2. The Morgan fingerprint density at radius 1 is 1.17 bits per heavy atom. The van der Waals surface area contributed by atoms with Crippen LogP contribution in [0.5, 0.6) is 0 Å². The fourth-order valence-corrected chi connectivity index (χ4v) is 2.18. The molecule has 5 heteroatoms. The fraction of sp³-hybridized carbons (Fsp3) is 0.154. The monoisotopic (exact) mass is 242 g/mol. The number of imidazole rings is 1. The van der Waals surface area contributed by atoms with Crippen LogP contribution < -0.4 is 0 Å². The molecule has 0 unspecified atom stereocenters. The van der Waals surface area contributed by atoms with Crippen LogP contribution in [0.15, 0.2) is 24.3 Å². The van der Waals surface area contributed by atoms with E-state index in [1.807, 2.05) is 0 Å². The number of carbonyl (C=O) groups is 2. The summed E-state index contributed by atoms with van der Waals surface area (Å²) < 4.78 is 0.728. The van der Waals surface area contributed by atoms with Crippen LogP contribution in [0.3, 0.4) is 0 Å². The molecule has 0 atom stereocenters. The summed E-state index contributed by atoms with van der Waals surface area (Å²) in [7, 11) is 0. The van der Waals surface area contributed by atoms with E-state index in [-0.39, 0.29) is 23.0 Å². The van der Waals surface area contributed by atoms with Crippen molar-refractivity contribution in [1.82, 2.24) is 9.71 Å². The number of aryl methyl sites for hydroxylation is 1. The van der Waals surface area contributed by atoms with Gasteiger partial charge in [-0.1, -0.05) is 31.2 Å². The zero-order valence-corrected chi connectivity index (χ0v) is 9.67. The van der Waals surface area contributed by atoms with Gasteiger partial charge >= 0.3 is 0 Å². The molecule has 1 N–H and O–H groups in total. The highest BCUT2D eigenvalue weighted by atomic mass is 16.5. The smallest absolute Gasteiger partial charge is 0.216 e. The molecular formula is C13H10N2O3. The topological polar surface area (TPSA) is 72.2 Å². The van der Waals surface area contributed by atoms with E-state index in [1.54, 1.807) is 31.2 Å². The third kappa shape index (κ3) is 1.18. The zero-order valence-electron chi connectivity index (χ0n) is 9.67. The standard InChI is InChI=1S/C13H10N2O3/c1-2-9-14-10-11(15(9)18)13(17)8-6-4-3-5-7(8)12(10)16/h3-6,18H,2H2,1H3. The maximum absolute atomic E-state index is 12.2. The molecule has 0 radical (unpaired) electrons. The second kappa shape index (κ2) is 3.53. The number of benzene rings is 1. The first-order chi connectivity index (χ1) is 8.65. The van der Waals surface area contributed by atoms with Gasteiger partial charge in [-0.3, -0.25) is 9.59 Å². The Kier molecular flexibility index (Phi) is 2.10. The molecule has 0 aliphatic heterocycles. The number of hydrogen-bond acceptors (Lipinski definition) is 4. The first-order valence-corrected chi connectivity index (χ1v) is 5.64. The lowest BCUT2D eigenvalue weighted by Crippen LogP contribution is -2.22. The van der Waals surface area contributed by atoms with Crippen LogP contribution in [0, 0.1) is 0 Å². The van der Waals surface area contributed by atoms with Gasteiger partial charge in [-0.2, -0.15) is 4.73 Å². The highest BCUT2D eigenvalue weighted by Gasteiger charge is 2.35. The Hall–Kier alpha value is -2.43. The molecule has 1 aromatic carbocycles. The zero-order chi connectivity index (χ0) is 12.9. The first-order valence-electron chi connectivity index (χ1n) is 5.64. The lowest BCUT2D eigenvalue weighted by atomic mass is 9.90. The van der Waals surface area contributed by atoms with Crippen molar-refractivity contribution in [3.8, 4) is 0 Å². The van der Waals surface area contributed by atoms with Gasteiger partial charge in [0.05, 0.1) is 0 Å². The van der Waals surface area contributed by atoms with Crippen molar-refractivity contribution < 1.29 is 14.8 Å². The van der Waals surface area contributed by atoms with Gasteiger partial charge in [0.15, 0.2) is 5.69 Å². The molecule has 1 aliphatic rings. The second-order valence-electron chi connectivity index (χ2n) is 4.09. The predicted molar refractivity (Wildman–Crippen MR) is 62.1 cm³/mol. The van der Waals surface area contributed by atoms with Crippen molar-refractivity contribution in [3.63, 3.8) is 0 Å². The normalized spacial score (nSPS) is 13.4. The van der Waals surface area contributed by atoms with Gasteiger partial charge in [-0.05, 0) is 0 Å². The second-order valence-corrected chi connectivity index (χ2v) is 4.09. The van der Waals surface area contributed by atoms with Crippen molar-refractivity contribution >= 4 is 11.6 Å². The van der Waals surface area contributed by atoms with E-state index in [9.17, 15) is 14.8 Å². The van der Waals surface area contributed by atoms with Gasteiger partial charge in [0.1, 0.15) is 11.5 Å². The summed E-state index contributed by atoms with van der Waals surface area (Å²) in [4.78, 5) is 28.5. The summed E-state index contributed by atoms with van der Waals surface area (Å²) in [5.74, 6) is -0.368. The molecule has 1 heterocycles. The van der Waals surface area contributed by atoms with Crippen LogP contribution in [-0.4, -0.2) is 26.5 Å². The van der Waals surface area contributed by atoms with Crippen LogP contribution >= 0.6 is 0 Å². The van der Waals surface area contributed by atoms with Gasteiger partial charge in [-0.25, -0.2) is 4.98 Å².